The molecule has 0 aromatic carbocycles. The summed E-state index contributed by atoms with van der Waals surface area (Å²) in [6, 6.07) is 5.12. The monoisotopic (exact) mass is 297 g/mol. The Labute approximate surface area is 119 Å². The van der Waals surface area contributed by atoms with E-state index in [0.717, 1.165) is 4.88 Å². The molecule has 100 valence electrons. The molecule has 0 aliphatic rings. The standard InChI is InChI=1S/C12H12ClN3O2S/c1-6-5-8(11(17)18)16-12(14-6)15-7(2)9-3-4-10(13)19-9/h3-5,7H,1-2H3,(H,17,18)(H,14,15,16). The zero-order valence-corrected chi connectivity index (χ0v) is 11.9. The van der Waals surface area contributed by atoms with Gasteiger partial charge in [0.1, 0.15) is 0 Å². The van der Waals surface area contributed by atoms with Gasteiger partial charge in [0.05, 0.1) is 10.4 Å². The third-order valence-corrected chi connectivity index (χ3v) is 3.85. The fourth-order valence-electron chi connectivity index (χ4n) is 1.57. The maximum atomic E-state index is 10.9. The van der Waals surface area contributed by atoms with E-state index in [2.05, 4.69) is 15.3 Å². The molecule has 0 spiro atoms. The molecular weight excluding hydrogens is 286 g/mol. The van der Waals surface area contributed by atoms with Gasteiger partial charge in [0.15, 0.2) is 5.69 Å². The van der Waals surface area contributed by atoms with Gasteiger partial charge >= 0.3 is 5.97 Å². The van der Waals surface area contributed by atoms with Crippen LogP contribution in [0.25, 0.3) is 0 Å². The highest BCUT2D eigenvalue weighted by Crippen LogP contribution is 2.28. The molecule has 2 N–H and O–H groups in total. The summed E-state index contributed by atoms with van der Waals surface area (Å²) in [5.74, 6) is -0.769. The number of aromatic nitrogens is 2. The third-order valence-electron chi connectivity index (χ3n) is 2.44. The first-order valence-electron chi connectivity index (χ1n) is 5.56. The molecule has 2 rings (SSSR count). The molecule has 0 aliphatic carbocycles. The average molecular weight is 298 g/mol. The average Bonchev–Trinajstić information content (AvgIpc) is 2.75. The van der Waals surface area contributed by atoms with Crippen molar-refractivity contribution in [3.05, 3.63) is 38.8 Å². The lowest BCUT2D eigenvalue weighted by Gasteiger charge is -2.12. The van der Waals surface area contributed by atoms with E-state index in [1.807, 2.05) is 19.1 Å². The fraction of sp³-hybridized carbons (Fsp3) is 0.250. The summed E-state index contributed by atoms with van der Waals surface area (Å²) in [7, 11) is 0. The van der Waals surface area contributed by atoms with Crippen LogP contribution in [0.2, 0.25) is 4.34 Å². The van der Waals surface area contributed by atoms with Crippen molar-refractivity contribution in [1.82, 2.24) is 9.97 Å². The highest BCUT2D eigenvalue weighted by Gasteiger charge is 2.12. The molecule has 0 saturated carbocycles. The second-order valence-electron chi connectivity index (χ2n) is 4.03. The van der Waals surface area contributed by atoms with E-state index in [4.69, 9.17) is 16.7 Å². The highest BCUT2D eigenvalue weighted by atomic mass is 35.5. The van der Waals surface area contributed by atoms with E-state index in [1.54, 1.807) is 6.92 Å². The number of carboxylic acid groups (broad SMARTS) is 1. The summed E-state index contributed by atoms with van der Waals surface area (Å²) in [6.45, 7) is 3.67. The third kappa shape index (κ3) is 3.42. The second kappa shape index (κ2) is 5.54. The first-order chi connectivity index (χ1) is 8.95. The van der Waals surface area contributed by atoms with Gasteiger partial charge in [0.2, 0.25) is 5.95 Å². The quantitative estimate of drug-likeness (QED) is 0.905. The van der Waals surface area contributed by atoms with Gasteiger partial charge in [0, 0.05) is 10.6 Å². The van der Waals surface area contributed by atoms with Gasteiger partial charge < -0.3 is 10.4 Å². The summed E-state index contributed by atoms with van der Waals surface area (Å²) in [6.07, 6.45) is 0. The minimum atomic E-state index is -1.07. The van der Waals surface area contributed by atoms with Crippen LogP contribution in [0.5, 0.6) is 0 Å². The van der Waals surface area contributed by atoms with Crippen LogP contribution in [0.15, 0.2) is 18.2 Å². The Kier molecular flexibility index (Phi) is 4.01. The molecule has 1 unspecified atom stereocenters. The number of rotatable bonds is 4. The molecule has 0 bridgehead atoms. The van der Waals surface area contributed by atoms with Crippen LogP contribution in [-0.4, -0.2) is 21.0 Å². The van der Waals surface area contributed by atoms with E-state index in [9.17, 15) is 4.79 Å². The summed E-state index contributed by atoms with van der Waals surface area (Å²) >= 11 is 7.34. The molecule has 2 aromatic heterocycles. The topological polar surface area (TPSA) is 75.1 Å². The predicted molar refractivity (Wildman–Crippen MR) is 75.1 cm³/mol. The zero-order valence-electron chi connectivity index (χ0n) is 10.3. The molecule has 1 atom stereocenters. The van der Waals surface area contributed by atoms with Crippen molar-refractivity contribution in [2.45, 2.75) is 19.9 Å². The maximum Gasteiger partial charge on any atom is 0.354 e. The van der Waals surface area contributed by atoms with Crippen molar-refractivity contribution >= 4 is 34.9 Å². The number of carbonyl (C=O) groups is 1. The maximum absolute atomic E-state index is 10.9. The number of anilines is 1. The van der Waals surface area contributed by atoms with Crippen molar-refractivity contribution in [3.8, 4) is 0 Å². The molecule has 0 amide bonds. The molecule has 0 radical (unpaired) electrons. The molecule has 0 saturated heterocycles. The van der Waals surface area contributed by atoms with E-state index >= 15 is 0 Å². The molecular formula is C12H12ClN3O2S. The van der Waals surface area contributed by atoms with E-state index in [1.165, 1.54) is 17.4 Å². The molecule has 0 aliphatic heterocycles. The Morgan fingerprint density at radius 1 is 1.47 bits per heavy atom. The number of halogens is 1. The SMILES string of the molecule is Cc1cc(C(=O)O)nc(NC(C)c2ccc(Cl)s2)n1. The minimum Gasteiger partial charge on any atom is -0.477 e. The minimum absolute atomic E-state index is 0.0218. The first kappa shape index (κ1) is 13.8. The Hall–Kier alpha value is -1.66. The first-order valence-corrected chi connectivity index (χ1v) is 6.76. The van der Waals surface area contributed by atoms with Gasteiger partial charge in [-0.05, 0) is 32.0 Å². The number of hydrogen-bond acceptors (Lipinski definition) is 5. The van der Waals surface area contributed by atoms with Crippen LogP contribution in [-0.2, 0) is 0 Å². The van der Waals surface area contributed by atoms with Crippen molar-refractivity contribution in [1.29, 1.82) is 0 Å². The number of nitrogens with one attached hydrogen (secondary N) is 1. The van der Waals surface area contributed by atoms with Crippen LogP contribution in [0.4, 0.5) is 5.95 Å². The fourth-order valence-corrected chi connectivity index (χ4v) is 2.63. The molecule has 2 heterocycles. The lowest BCUT2D eigenvalue weighted by atomic mass is 10.3. The number of aryl methyl sites for hydroxylation is 1. The smallest absolute Gasteiger partial charge is 0.354 e. The predicted octanol–water partition coefficient (Wildman–Crippen LogP) is 3.37. The van der Waals surface area contributed by atoms with Crippen molar-refractivity contribution in [3.63, 3.8) is 0 Å². The van der Waals surface area contributed by atoms with Crippen LogP contribution in [0.1, 0.15) is 34.0 Å². The molecule has 0 fully saturated rings. The van der Waals surface area contributed by atoms with Gasteiger partial charge in [0.25, 0.3) is 0 Å². The van der Waals surface area contributed by atoms with E-state index in [0.29, 0.717) is 16.0 Å². The Bertz CT molecular complexity index is 615. The lowest BCUT2D eigenvalue weighted by molar-refractivity contribution is 0.0690. The van der Waals surface area contributed by atoms with E-state index in [-0.39, 0.29) is 11.7 Å². The summed E-state index contributed by atoms with van der Waals surface area (Å²) in [4.78, 5) is 20.1. The summed E-state index contributed by atoms with van der Waals surface area (Å²) < 4.78 is 0.708. The van der Waals surface area contributed by atoms with Gasteiger partial charge in [-0.3, -0.25) is 0 Å². The van der Waals surface area contributed by atoms with Crippen LogP contribution < -0.4 is 5.32 Å². The molecule has 7 heteroatoms. The molecule has 2 aromatic rings. The van der Waals surface area contributed by atoms with Crippen molar-refractivity contribution in [2.24, 2.45) is 0 Å². The number of thiophene rings is 1. The number of carboxylic acids is 1. The second-order valence-corrected chi connectivity index (χ2v) is 5.78. The zero-order chi connectivity index (χ0) is 14.0. The van der Waals surface area contributed by atoms with Gasteiger partial charge in [-0.15, -0.1) is 11.3 Å². The number of nitrogens with zero attached hydrogens (tertiary/aromatic N) is 2. The molecule has 19 heavy (non-hydrogen) atoms. The van der Waals surface area contributed by atoms with Gasteiger partial charge in [-0.25, -0.2) is 14.8 Å². The lowest BCUT2D eigenvalue weighted by Crippen LogP contribution is -2.11. The Morgan fingerprint density at radius 3 is 2.79 bits per heavy atom. The summed E-state index contributed by atoms with van der Waals surface area (Å²) in [5.41, 5.74) is 0.581. The van der Waals surface area contributed by atoms with Gasteiger partial charge in [-0.1, -0.05) is 11.6 Å². The Balaban J connectivity index is 2.21. The van der Waals surface area contributed by atoms with Crippen LogP contribution >= 0.6 is 22.9 Å². The van der Waals surface area contributed by atoms with Crippen LogP contribution in [0, 0.1) is 6.92 Å². The highest BCUT2D eigenvalue weighted by molar-refractivity contribution is 7.16. The normalized spacial score (nSPS) is 12.2. The number of hydrogen-bond donors (Lipinski definition) is 2. The van der Waals surface area contributed by atoms with Crippen molar-refractivity contribution < 1.29 is 9.90 Å². The largest absolute Gasteiger partial charge is 0.477 e. The molecule has 5 nitrogen and oxygen atoms in total. The van der Waals surface area contributed by atoms with E-state index < -0.39 is 5.97 Å². The van der Waals surface area contributed by atoms with Crippen LogP contribution in [0.3, 0.4) is 0 Å². The van der Waals surface area contributed by atoms with Crippen molar-refractivity contribution in [2.75, 3.05) is 5.32 Å². The number of aromatic carboxylic acids is 1. The Morgan fingerprint density at radius 2 is 2.21 bits per heavy atom. The van der Waals surface area contributed by atoms with Gasteiger partial charge in [-0.2, -0.15) is 0 Å². The summed E-state index contributed by atoms with van der Waals surface area (Å²) in [5, 5.41) is 12.0.